The third-order valence-corrected chi connectivity index (χ3v) is 3.94. The van der Waals surface area contributed by atoms with Crippen molar-refractivity contribution >= 4 is 5.91 Å². The van der Waals surface area contributed by atoms with Crippen molar-refractivity contribution < 1.29 is 9.53 Å². The fraction of sp³-hybridized carbons (Fsp3) is 0.923. The molecule has 1 atom stereocenters. The number of nitrogens with two attached hydrogens (primary N) is 1. The van der Waals surface area contributed by atoms with E-state index in [1.807, 2.05) is 0 Å². The summed E-state index contributed by atoms with van der Waals surface area (Å²) in [7, 11) is 1.65. The van der Waals surface area contributed by atoms with Crippen LogP contribution in [0.15, 0.2) is 0 Å². The lowest BCUT2D eigenvalue weighted by Gasteiger charge is -2.29. The fourth-order valence-electron chi connectivity index (χ4n) is 2.73. The molecule has 0 bridgehead atoms. The van der Waals surface area contributed by atoms with Crippen molar-refractivity contribution in [3.05, 3.63) is 0 Å². The number of rotatable bonds is 7. The predicted molar refractivity (Wildman–Crippen MR) is 68.7 cm³/mol. The molecule has 0 saturated heterocycles. The lowest BCUT2D eigenvalue weighted by Crippen LogP contribution is -2.46. The first kappa shape index (κ1) is 14.5. The van der Waals surface area contributed by atoms with Gasteiger partial charge in [-0.15, -0.1) is 0 Å². The number of methoxy groups -OCH3 is 1. The quantitative estimate of drug-likeness (QED) is 0.710. The molecule has 1 aliphatic rings. The number of hydrogen-bond acceptors (Lipinski definition) is 3. The van der Waals surface area contributed by atoms with E-state index in [-0.39, 0.29) is 17.4 Å². The molecule has 1 saturated carbocycles. The van der Waals surface area contributed by atoms with Gasteiger partial charge in [-0.25, -0.2) is 0 Å². The molecular formula is C13H26N2O2. The highest BCUT2D eigenvalue weighted by molar-refractivity contribution is 5.83. The Morgan fingerprint density at radius 1 is 1.47 bits per heavy atom. The second kappa shape index (κ2) is 6.97. The molecule has 0 spiro atoms. The molecule has 0 aromatic carbocycles. The van der Waals surface area contributed by atoms with E-state index < -0.39 is 0 Å². The van der Waals surface area contributed by atoms with Crippen LogP contribution in [0.25, 0.3) is 0 Å². The van der Waals surface area contributed by atoms with Gasteiger partial charge in [0.25, 0.3) is 0 Å². The van der Waals surface area contributed by atoms with E-state index in [9.17, 15) is 4.79 Å². The van der Waals surface area contributed by atoms with Crippen molar-refractivity contribution in [3.8, 4) is 0 Å². The van der Waals surface area contributed by atoms with E-state index in [1.165, 1.54) is 12.8 Å². The van der Waals surface area contributed by atoms with Crippen molar-refractivity contribution in [1.82, 2.24) is 5.32 Å². The molecule has 3 N–H and O–H groups in total. The molecule has 1 amide bonds. The highest BCUT2D eigenvalue weighted by atomic mass is 16.5. The van der Waals surface area contributed by atoms with Gasteiger partial charge in [-0.1, -0.05) is 19.8 Å². The summed E-state index contributed by atoms with van der Waals surface area (Å²) in [6, 6.07) is 0.0570. The molecule has 1 unspecified atom stereocenters. The molecule has 4 nitrogen and oxygen atoms in total. The van der Waals surface area contributed by atoms with Crippen molar-refractivity contribution in [2.45, 2.75) is 51.5 Å². The van der Waals surface area contributed by atoms with Gasteiger partial charge in [0.15, 0.2) is 0 Å². The molecule has 0 heterocycles. The molecular weight excluding hydrogens is 216 g/mol. The van der Waals surface area contributed by atoms with E-state index in [0.29, 0.717) is 13.2 Å². The van der Waals surface area contributed by atoms with Gasteiger partial charge in [0.2, 0.25) is 5.91 Å². The summed E-state index contributed by atoms with van der Waals surface area (Å²) >= 11 is 0. The Labute approximate surface area is 104 Å². The Hall–Kier alpha value is -0.610. The van der Waals surface area contributed by atoms with Crippen molar-refractivity contribution in [2.75, 3.05) is 20.3 Å². The Balaban J connectivity index is 2.55. The third-order valence-electron chi connectivity index (χ3n) is 3.94. The van der Waals surface area contributed by atoms with Crippen LogP contribution in [0.2, 0.25) is 0 Å². The number of hydrogen-bond donors (Lipinski definition) is 2. The largest absolute Gasteiger partial charge is 0.383 e. The smallest absolute Gasteiger partial charge is 0.226 e. The lowest BCUT2D eigenvalue weighted by molar-refractivity contribution is -0.132. The molecule has 0 radical (unpaired) electrons. The zero-order valence-corrected chi connectivity index (χ0v) is 11.1. The maximum absolute atomic E-state index is 12.4. The first-order valence-electron chi connectivity index (χ1n) is 6.68. The van der Waals surface area contributed by atoms with Crippen LogP contribution in [0.4, 0.5) is 0 Å². The van der Waals surface area contributed by atoms with Crippen molar-refractivity contribution in [3.63, 3.8) is 0 Å². The summed E-state index contributed by atoms with van der Waals surface area (Å²) < 4.78 is 5.12. The summed E-state index contributed by atoms with van der Waals surface area (Å²) in [5.41, 5.74) is 5.42. The normalized spacial score (nSPS) is 20.2. The van der Waals surface area contributed by atoms with Gasteiger partial charge in [0.05, 0.1) is 12.6 Å². The van der Waals surface area contributed by atoms with E-state index in [2.05, 4.69) is 12.2 Å². The first-order chi connectivity index (χ1) is 8.18. The minimum absolute atomic E-state index is 0.0570. The highest BCUT2D eigenvalue weighted by Crippen LogP contribution is 2.41. The topological polar surface area (TPSA) is 64.4 Å². The number of carbonyl (C=O) groups excluding carboxylic acids is 1. The maximum Gasteiger partial charge on any atom is 0.226 e. The second-order valence-corrected chi connectivity index (χ2v) is 5.04. The van der Waals surface area contributed by atoms with Gasteiger partial charge >= 0.3 is 0 Å². The Kier molecular flexibility index (Phi) is 5.92. The van der Waals surface area contributed by atoms with Gasteiger partial charge in [-0.2, -0.15) is 0 Å². The summed E-state index contributed by atoms with van der Waals surface area (Å²) in [5.74, 6) is 0.202. The summed E-state index contributed by atoms with van der Waals surface area (Å²) in [4.78, 5) is 12.4. The minimum Gasteiger partial charge on any atom is -0.383 e. The molecule has 0 aromatic rings. The molecule has 0 aromatic heterocycles. The van der Waals surface area contributed by atoms with Gasteiger partial charge in [-0.3, -0.25) is 4.79 Å². The Morgan fingerprint density at radius 2 is 2.12 bits per heavy atom. The van der Waals surface area contributed by atoms with Crippen molar-refractivity contribution in [1.29, 1.82) is 0 Å². The molecule has 100 valence electrons. The lowest BCUT2D eigenvalue weighted by atomic mass is 9.82. The Morgan fingerprint density at radius 3 is 2.59 bits per heavy atom. The molecule has 17 heavy (non-hydrogen) atoms. The molecule has 1 rings (SSSR count). The standard InChI is InChI=1S/C13H26N2O2/c1-3-13(7-4-5-8-13)12(16)15-11(6-9-14)10-17-2/h11H,3-10,14H2,1-2H3,(H,15,16). The average Bonchev–Trinajstić information content (AvgIpc) is 2.79. The Bertz CT molecular complexity index is 232. The van der Waals surface area contributed by atoms with Crippen molar-refractivity contribution in [2.24, 2.45) is 11.1 Å². The summed E-state index contributed by atoms with van der Waals surface area (Å²) in [6.45, 7) is 3.23. The highest BCUT2D eigenvalue weighted by Gasteiger charge is 2.39. The molecule has 0 aliphatic heterocycles. The number of ether oxygens (including phenoxy) is 1. The van der Waals surface area contributed by atoms with Crippen LogP contribution in [0.3, 0.4) is 0 Å². The average molecular weight is 242 g/mol. The zero-order chi connectivity index (χ0) is 12.7. The monoisotopic (exact) mass is 242 g/mol. The third kappa shape index (κ3) is 3.68. The van der Waals surface area contributed by atoms with Crippen LogP contribution >= 0.6 is 0 Å². The van der Waals surface area contributed by atoms with E-state index in [4.69, 9.17) is 10.5 Å². The fourth-order valence-corrected chi connectivity index (χ4v) is 2.73. The molecule has 1 fully saturated rings. The minimum atomic E-state index is -0.124. The van der Waals surface area contributed by atoms with Crippen LogP contribution in [0.1, 0.15) is 45.4 Å². The first-order valence-corrected chi connectivity index (χ1v) is 6.68. The van der Waals surface area contributed by atoms with E-state index in [0.717, 1.165) is 25.7 Å². The molecule has 1 aliphatic carbocycles. The van der Waals surface area contributed by atoms with Crippen LogP contribution in [0, 0.1) is 5.41 Å². The second-order valence-electron chi connectivity index (χ2n) is 5.04. The SMILES string of the molecule is CCC1(C(=O)NC(CCN)COC)CCCC1. The van der Waals surface area contributed by atoms with Crippen LogP contribution in [-0.4, -0.2) is 32.2 Å². The van der Waals surface area contributed by atoms with Crippen LogP contribution < -0.4 is 11.1 Å². The van der Waals surface area contributed by atoms with Crippen LogP contribution in [0.5, 0.6) is 0 Å². The van der Waals surface area contributed by atoms with Gasteiger partial charge < -0.3 is 15.8 Å². The summed E-state index contributed by atoms with van der Waals surface area (Å²) in [5, 5.41) is 3.11. The summed E-state index contributed by atoms with van der Waals surface area (Å²) in [6.07, 6.45) is 6.11. The molecule has 4 heteroatoms. The van der Waals surface area contributed by atoms with Gasteiger partial charge in [0.1, 0.15) is 0 Å². The number of nitrogens with one attached hydrogen (secondary N) is 1. The van der Waals surface area contributed by atoms with Gasteiger partial charge in [-0.05, 0) is 32.2 Å². The number of carbonyl (C=O) groups is 1. The van der Waals surface area contributed by atoms with E-state index in [1.54, 1.807) is 7.11 Å². The zero-order valence-electron chi connectivity index (χ0n) is 11.1. The van der Waals surface area contributed by atoms with E-state index >= 15 is 0 Å². The van der Waals surface area contributed by atoms with Crippen LogP contribution in [-0.2, 0) is 9.53 Å². The maximum atomic E-state index is 12.4. The predicted octanol–water partition coefficient (Wildman–Crippen LogP) is 1.44. The number of amides is 1. The van der Waals surface area contributed by atoms with Gasteiger partial charge in [0, 0.05) is 12.5 Å².